The van der Waals surface area contributed by atoms with E-state index in [2.05, 4.69) is 0 Å². The van der Waals surface area contributed by atoms with Gasteiger partial charge in [-0.15, -0.1) is 0 Å². The van der Waals surface area contributed by atoms with Crippen LogP contribution in [0.5, 0.6) is 0 Å². The molecule has 0 amide bonds. The van der Waals surface area contributed by atoms with Crippen molar-refractivity contribution >= 4 is 0 Å². The molecule has 51 nitrogen and oxygen atoms in total. The minimum absolute atomic E-state index is 0.869. The van der Waals surface area contributed by atoms with Crippen molar-refractivity contribution in [1.82, 2.24) is 0 Å². The van der Waals surface area contributed by atoms with E-state index in [1.54, 1.807) is 0 Å². The molecule has 10 aliphatic heterocycles. The molecule has 0 radical (unpaired) electrons. The average molecular weight is 1640 g/mol. The second kappa shape index (κ2) is 39.4. The molecule has 10 saturated heterocycles. The highest BCUT2D eigenvalue weighted by atomic mass is 16.8. The van der Waals surface area contributed by atoms with Crippen molar-refractivity contribution in [1.29, 1.82) is 0 Å². The Hall–Kier alpha value is -2.04. The van der Waals surface area contributed by atoms with E-state index in [0.29, 0.717) is 0 Å². The first-order valence-corrected chi connectivity index (χ1v) is 35.2. The normalized spacial score (nSPS) is 53.7. The number of aliphatic hydroxyl groups excluding tert-OH is 32. The summed E-state index contributed by atoms with van der Waals surface area (Å²) >= 11 is 0. The fourth-order valence-electron chi connectivity index (χ4n) is 14.5. The van der Waals surface area contributed by atoms with Gasteiger partial charge < -0.3 is 253 Å². The maximum absolute atomic E-state index is 11.5. The van der Waals surface area contributed by atoms with Crippen molar-refractivity contribution in [2.24, 2.45) is 0 Å². The molecule has 10 rings (SSSR count). The van der Waals surface area contributed by atoms with Crippen LogP contribution in [0.1, 0.15) is 0 Å². The minimum Gasteiger partial charge on any atom is -0.394 e. The van der Waals surface area contributed by atoms with Crippen molar-refractivity contribution in [2.45, 2.75) is 307 Å². The van der Waals surface area contributed by atoms with Gasteiger partial charge in [-0.3, -0.25) is 0 Å². The topological polar surface area (TPSA) is 823 Å². The van der Waals surface area contributed by atoms with Crippen LogP contribution >= 0.6 is 0 Å². The van der Waals surface area contributed by atoms with Gasteiger partial charge in [0.15, 0.2) is 62.9 Å². The third-order valence-corrected chi connectivity index (χ3v) is 20.9. The summed E-state index contributed by atoms with van der Waals surface area (Å²) in [4.78, 5) is 0. The predicted molar refractivity (Wildman–Crippen MR) is 330 cm³/mol. The van der Waals surface area contributed by atoms with E-state index in [4.69, 9.17) is 90.0 Å². The van der Waals surface area contributed by atoms with E-state index < -0.39 is 373 Å². The Kier molecular flexibility index (Phi) is 32.4. The Morgan fingerprint density at radius 2 is 0.261 bits per heavy atom. The Balaban J connectivity index is 0.705. The van der Waals surface area contributed by atoms with Gasteiger partial charge in [-0.25, -0.2) is 0 Å². The van der Waals surface area contributed by atoms with Gasteiger partial charge in [0.25, 0.3) is 0 Å². The van der Waals surface area contributed by atoms with E-state index >= 15 is 0 Å². The molecule has 51 heteroatoms. The Labute approximate surface area is 625 Å². The molecule has 0 spiro atoms. The lowest BCUT2D eigenvalue weighted by atomic mass is 9.95. The largest absolute Gasteiger partial charge is 0.394 e. The summed E-state index contributed by atoms with van der Waals surface area (Å²) in [6, 6.07) is 0. The van der Waals surface area contributed by atoms with Crippen LogP contribution in [0.3, 0.4) is 0 Å². The summed E-state index contributed by atoms with van der Waals surface area (Å²) in [5.41, 5.74) is 0. The van der Waals surface area contributed by atoms with Crippen LogP contribution in [-0.2, 0) is 90.0 Å². The molecule has 0 saturated carbocycles. The fourth-order valence-corrected chi connectivity index (χ4v) is 14.5. The molecule has 1 unspecified atom stereocenters. The SMILES string of the molecule is OC[C@@H]1O[C@@H](O[C@@H]2[C@@H](O)[C@H](O)[C@H](O[C@@H]3[C@@H](O)[C@H](O)[C@H](O[C@@H]4[C@@H](O)[C@H](O)[C@H](O[C@@H]5[C@@H](O)[C@H](O)[C@H](O[C@@H]6[C@@H](O)[C@H](O)[C@H](O[C@H]7[C@H](O)[C@@H](O)[C@@H](O[C@H]8[C@H](O)[C@@H](O)[C@@H](O[C@H]9[C@H](O)[C@@H](O)[C@@H](O[C@H]%10[C@H](O)[C@@H](O)C(O)O[C@@H]%10CO)O[C@@H]9CO)O[C@@H]8CO)O[C@@H]7CO)O[C@H]6CO)O[C@H]5CO)O[C@H]4CO)O[C@H]3CO)O[C@H]2CO)[C@@H](O)[C@H](O)[C@H]1O. The van der Waals surface area contributed by atoms with E-state index in [9.17, 15) is 163 Å². The van der Waals surface area contributed by atoms with E-state index in [-0.39, 0.29) is 0 Å². The second-order valence-corrected chi connectivity index (χ2v) is 28.0. The summed E-state index contributed by atoms with van der Waals surface area (Å²) in [5, 5.41) is 345. The van der Waals surface area contributed by atoms with E-state index in [1.807, 2.05) is 0 Å². The van der Waals surface area contributed by atoms with Crippen LogP contribution < -0.4 is 0 Å². The molecule has 0 aromatic carbocycles. The lowest BCUT2D eigenvalue weighted by Gasteiger charge is -2.50. The number of ether oxygens (including phenoxy) is 19. The third kappa shape index (κ3) is 18.8. The van der Waals surface area contributed by atoms with E-state index in [0.717, 1.165) is 0 Å². The first kappa shape index (κ1) is 91.3. The first-order chi connectivity index (χ1) is 52.7. The highest BCUT2D eigenvalue weighted by Crippen LogP contribution is 2.41. The van der Waals surface area contributed by atoms with E-state index in [1.165, 1.54) is 0 Å². The second-order valence-electron chi connectivity index (χ2n) is 28.0. The van der Waals surface area contributed by atoms with Gasteiger partial charge in [0, 0.05) is 0 Å². The molecular formula is C60H102O51. The molecule has 0 bridgehead atoms. The maximum Gasteiger partial charge on any atom is 0.187 e. The minimum atomic E-state index is -2.32. The molecule has 0 aromatic heterocycles. The molecule has 10 aliphatic rings. The number of rotatable bonds is 28. The maximum atomic E-state index is 11.5. The molecule has 0 aromatic rings. The Morgan fingerprint density at radius 1 is 0.135 bits per heavy atom. The number of hydrogen-bond acceptors (Lipinski definition) is 51. The molecule has 111 heavy (non-hydrogen) atoms. The lowest BCUT2D eigenvalue weighted by molar-refractivity contribution is -0.400. The van der Waals surface area contributed by atoms with Crippen molar-refractivity contribution in [3.05, 3.63) is 0 Å². The molecule has 10 heterocycles. The highest BCUT2D eigenvalue weighted by Gasteiger charge is 2.61. The van der Waals surface area contributed by atoms with Crippen LogP contribution in [0.2, 0.25) is 0 Å². The number of hydrogen-bond donors (Lipinski definition) is 32. The Morgan fingerprint density at radius 3 is 0.414 bits per heavy atom. The van der Waals surface area contributed by atoms with Gasteiger partial charge in [0.2, 0.25) is 0 Å². The highest BCUT2D eigenvalue weighted by molar-refractivity contribution is 5.03. The van der Waals surface area contributed by atoms with Gasteiger partial charge in [-0.2, -0.15) is 0 Å². The summed E-state index contributed by atoms with van der Waals surface area (Å²) in [6.07, 6.45) is -101. The van der Waals surface area contributed by atoms with Gasteiger partial charge in [-0.05, 0) is 0 Å². The molecule has 32 N–H and O–H groups in total. The lowest BCUT2D eigenvalue weighted by Crippen LogP contribution is -2.68. The first-order valence-electron chi connectivity index (χ1n) is 35.2. The predicted octanol–water partition coefficient (Wildman–Crippen LogP) is -22.8. The van der Waals surface area contributed by atoms with Gasteiger partial charge in [0.05, 0.1) is 66.1 Å². The average Bonchev–Trinajstić information content (AvgIpc) is 0.774. The zero-order chi connectivity index (χ0) is 81.4. The van der Waals surface area contributed by atoms with Gasteiger partial charge >= 0.3 is 0 Å². The standard InChI is InChI=1S/C60H102O51/c61-1-11-21(71)22(72)33(83)52(94-11)104-43-13(3-63)96-54(35(85)24(43)74)106-45-15(5-65)98-56(37(87)26(45)76)108-47-17(7-67)100-58(39(89)28(47)78)110-49-19(9-69)102-60(41(91)30(49)80)111-50-20(10-70)101-59(40(90)31(50)81)109-48-18(8-68)99-57(38(88)29(48)79)107-46-16(6-66)97-55(36(86)27(46)77)105-44-14(4-64)95-53(34(84)25(44)75)103-42-12(2-62)93-51(92)32(82)23(42)73/h11-92H,1-10H2/t11-,12+,13-,14+,15-,16+,17-,18+,19-,20-,21-,22+,23+,24-,25+,26-,27+,28-,29+,30-,31-,32+,33-,34+,35-,36+,37-,38+,39-,40-,41-,42+,43-,44+,45-,46+,47-,48+,49-,50-,51?,52-,53+,54-,55+,56-,57+,58-,59-,60-/m0/s1. The third-order valence-electron chi connectivity index (χ3n) is 20.9. The molecule has 10 fully saturated rings. The van der Waals surface area contributed by atoms with Crippen molar-refractivity contribution in [3.63, 3.8) is 0 Å². The quantitative estimate of drug-likeness (QED) is 0.0346. The zero-order valence-electron chi connectivity index (χ0n) is 58.0. The molecule has 648 valence electrons. The van der Waals surface area contributed by atoms with Crippen molar-refractivity contribution in [2.75, 3.05) is 66.1 Å². The van der Waals surface area contributed by atoms with Crippen LogP contribution in [0.4, 0.5) is 0 Å². The van der Waals surface area contributed by atoms with Gasteiger partial charge in [-0.1, -0.05) is 0 Å². The zero-order valence-corrected chi connectivity index (χ0v) is 58.0. The van der Waals surface area contributed by atoms with Crippen LogP contribution in [0.15, 0.2) is 0 Å². The molecule has 0 aliphatic carbocycles. The van der Waals surface area contributed by atoms with Gasteiger partial charge in [0.1, 0.15) is 244 Å². The monoisotopic (exact) mass is 1640 g/mol. The molecule has 50 atom stereocenters. The number of aliphatic hydroxyl groups is 32. The van der Waals surface area contributed by atoms with Crippen molar-refractivity contribution < 1.29 is 253 Å². The molecular weight excluding hydrogens is 1540 g/mol. The Bertz CT molecular complexity index is 2760. The fraction of sp³-hybridized carbons (Fsp3) is 1.00. The smallest absolute Gasteiger partial charge is 0.187 e. The van der Waals surface area contributed by atoms with Crippen LogP contribution in [-0.4, -0.2) is 537 Å². The summed E-state index contributed by atoms with van der Waals surface area (Å²) in [6.45, 7) is -10.5. The van der Waals surface area contributed by atoms with Crippen LogP contribution in [0, 0.1) is 0 Å². The summed E-state index contributed by atoms with van der Waals surface area (Å²) in [7, 11) is 0. The summed E-state index contributed by atoms with van der Waals surface area (Å²) in [5.74, 6) is 0. The summed E-state index contributed by atoms with van der Waals surface area (Å²) < 4.78 is 106. The van der Waals surface area contributed by atoms with Crippen molar-refractivity contribution in [3.8, 4) is 0 Å². The van der Waals surface area contributed by atoms with Crippen LogP contribution in [0.25, 0.3) is 0 Å².